The lowest BCUT2D eigenvalue weighted by atomic mass is 9.93. The molecule has 2 aliphatic rings. The number of nitrogens with zero attached hydrogens (tertiary/aromatic N) is 5. The largest absolute Gasteiger partial charge is 0.503 e. The highest BCUT2D eigenvalue weighted by molar-refractivity contribution is 7.14. The van der Waals surface area contributed by atoms with E-state index in [9.17, 15) is 23.5 Å². The maximum Gasteiger partial charge on any atom is 0.288 e. The monoisotopic (exact) mass is 463 g/mol. The first-order valence-electron chi connectivity index (χ1n) is 10.3. The number of hydrogen-bond donors (Lipinski definition) is 1. The fourth-order valence-electron chi connectivity index (χ4n) is 3.88. The zero-order valence-electron chi connectivity index (χ0n) is 17.9. The standard InChI is InChI=1S/C21H23F2N5O3S/c1-4-27-10-26-9-13(18(29)19(30)17(26)21(31)28(27)5-2)20-25-24-15(32-20)8-12-6-7-14(22)11(3)16(12)23/h6-7,9,11,14,30H,4-5,8,10H2,1-3H3. The van der Waals surface area contributed by atoms with Crippen molar-refractivity contribution in [3.05, 3.63) is 50.7 Å². The molecule has 2 aromatic rings. The molecule has 1 aliphatic carbocycles. The maximum absolute atomic E-state index is 14.4. The predicted molar refractivity (Wildman–Crippen MR) is 115 cm³/mol. The number of pyridine rings is 1. The Kier molecular flexibility index (Phi) is 5.95. The normalized spacial score (nSPS) is 21.4. The van der Waals surface area contributed by atoms with Crippen molar-refractivity contribution >= 4 is 17.2 Å². The van der Waals surface area contributed by atoms with Gasteiger partial charge in [0.15, 0.2) is 16.5 Å². The zero-order valence-corrected chi connectivity index (χ0v) is 18.7. The van der Waals surface area contributed by atoms with Gasteiger partial charge in [-0.25, -0.2) is 8.78 Å². The third-order valence-corrected chi connectivity index (χ3v) is 6.68. The second-order valence-corrected chi connectivity index (χ2v) is 8.73. The smallest absolute Gasteiger partial charge is 0.288 e. The van der Waals surface area contributed by atoms with Gasteiger partial charge < -0.3 is 9.67 Å². The molecule has 3 heterocycles. The molecule has 4 rings (SSSR count). The minimum Gasteiger partial charge on any atom is -0.503 e. The van der Waals surface area contributed by atoms with Crippen LogP contribution in [0.2, 0.25) is 0 Å². The third-order valence-electron chi connectivity index (χ3n) is 5.72. The van der Waals surface area contributed by atoms with Crippen LogP contribution in [-0.4, -0.2) is 55.1 Å². The van der Waals surface area contributed by atoms with Gasteiger partial charge in [-0.05, 0) is 18.6 Å². The molecular formula is C21H23F2N5O3S. The van der Waals surface area contributed by atoms with E-state index in [2.05, 4.69) is 10.2 Å². The van der Waals surface area contributed by atoms with Crippen molar-refractivity contribution in [1.29, 1.82) is 0 Å². The molecule has 0 aromatic carbocycles. The zero-order chi connectivity index (χ0) is 23.2. The highest BCUT2D eigenvalue weighted by Gasteiger charge is 2.33. The van der Waals surface area contributed by atoms with Crippen molar-refractivity contribution in [3.8, 4) is 16.3 Å². The highest BCUT2D eigenvalue weighted by atomic mass is 32.1. The quantitative estimate of drug-likeness (QED) is 0.733. The van der Waals surface area contributed by atoms with Crippen LogP contribution in [0.3, 0.4) is 0 Å². The summed E-state index contributed by atoms with van der Waals surface area (Å²) >= 11 is 1.09. The fourth-order valence-corrected chi connectivity index (χ4v) is 4.75. The molecule has 1 N–H and O–H groups in total. The second-order valence-electron chi connectivity index (χ2n) is 7.67. The molecule has 0 saturated heterocycles. The maximum atomic E-state index is 14.4. The Morgan fingerprint density at radius 2 is 2.00 bits per heavy atom. The predicted octanol–water partition coefficient (Wildman–Crippen LogP) is 3.05. The third kappa shape index (κ3) is 3.65. The summed E-state index contributed by atoms with van der Waals surface area (Å²) in [5, 5.41) is 22.6. The number of rotatable bonds is 5. The molecule has 32 heavy (non-hydrogen) atoms. The van der Waals surface area contributed by atoms with Gasteiger partial charge in [-0.15, -0.1) is 10.2 Å². The first-order valence-corrected chi connectivity index (χ1v) is 11.1. The summed E-state index contributed by atoms with van der Waals surface area (Å²) in [6.45, 7) is 6.45. The fraction of sp³-hybridized carbons (Fsp3) is 0.429. The number of aromatic nitrogens is 3. The van der Waals surface area contributed by atoms with Crippen LogP contribution in [0.5, 0.6) is 5.75 Å². The van der Waals surface area contributed by atoms with Gasteiger partial charge in [-0.2, -0.15) is 5.01 Å². The molecule has 11 heteroatoms. The number of carbonyl (C=O) groups excluding carboxylic acids is 1. The van der Waals surface area contributed by atoms with Gasteiger partial charge in [0.1, 0.15) is 17.0 Å². The Balaban J connectivity index is 1.69. The molecule has 170 valence electrons. The molecule has 1 aliphatic heterocycles. The SMILES string of the molecule is CCN1Cn2cc(-c3nnc(CC4=C(F)C(C)C(F)C=C4)s3)c(=O)c(O)c2C(=O)N1CC. The number of alkyl halides is 1. The molecule has 0 spiro atoms. The number of hydrazine groups is 1. The van der Waals surface area contributed by atoms with E-state index in [4.69, 9.17) is 0 Å². The molecule has 0 fully saturated rings. The van der Waals surface area contributed by atoms with Crippen LogP contribution in [0.1, 0.15) is 36.3 Å². The Bertz CT molecular complexity index is 1190. The van der Waals surface area contributed by atoms with E-state index < -0.39 is 35.0 Å². The number of amides is 1. The van der Waals surface area contributed by atoms with E-state index in [-0.39, 0.29) is 29.4 Å². The van der Waals surface area contributed by atoms with Crippen LogP contribution >= 0.6 is 11.3 Å². The summed E-state index contributed by atoms with van der Waals surface area (Å²) < 4.78 is 29.6. The molecule has 2 atom stereocenters. The summed E-state index contributed by atoms with van der Waals surface area (Å²) in [7, 11) is 0. The van der Waals surface area contributed by atoms with Gasteiger partial charge in [0.25, 0.3) is 5.91 Å². The van der Waals surface area contributed by atoms with E-state index >= 15 is 0 Å². The van der Waals surface area contributed by atoms with Gasteiger partial charge >= 0.3 is 0 Å². The average molecular weight is 464 g/mol. The van der Waals surface area contributed by atoms with Crippen LogP contribution in [0, 0.1) is 5.92 Å². The Morgan fingerprint density at radius 3 is 2.69 bits per heavy atom. The number of aromatic hydroxyl groups is 1. The lowest BCUT2D eigenvalue weighted by Crippen LogP contribution is -2.52. The molecule has 1 amide bonds. The topological polar surface area (TPSA) is 91.6 Å². The summed E-state index contributed by atoms with van der Waals surface area (Å²) in [6.07, 6.45) is 2.96. The van der Waals surface area contributed by atoms with E-state index in [0.29, 0.717) is 23.7 Å². The Hall–Kier alpha value is -2.92. The van der Waals surface area contributed by atoms with Gasteiger partial charge in [0.05, 0.1) is 12.2 Å². The van der Waals surface area contributed by atoms with Crippen molar-refractivity contribution in [2.45, 2.75) is 40.0 Å². The second kappa shape index (κ2) is 8.55. The molecular weight excluding hydrogens is 440 g/mol. The Morgan fingerprint density at radius 1 is 1.25 bits per heavy atom. The molecule has 2 aromatic heterocycles. The summed E-state index contributed by atoms with van der Waals surface area (Å²) in [5.41, 5.74) is -0.355. The molecule has 2 unspecified atom stereocenters. The summed E-state index contributed by atoms with van der Waals surface area (Å²) in [5.74, 6) is -2.47. The number of hydrogen-bond acceptors (Lipinski definition) is 7. The number of halogens is 2. The minimum absolute atomic E-state index is 0.0654. The van der Waals surface area contributed by atoms with Crippen molar-refractivity contribution < 1.29 is 18.7 Å². The summed E-state index contributed by atoms with van der Waals surface area (Å²) in [4.78, 5) is 25.6. The summed E-state index contributed by atoms with van der Waals surface area (Å²) in [6, 6.07) is 0. The number of fused-ring (bicyclic) bond motifs is 1. The average Bonchev–Trinajstić information content (AvgIpc) is 3.24. The van der Waals surface area contributed by atoms with Crippen LogP contribution < -0.4 is 5.43 Å². The molecule has 8 nitrogen and oxygen atoms in total. The molecule has 0 bridgehead atoms. The van der Waals surface area contributed by atoms with Gasteiger partial charge in [0, 0.05) is 31.6 Å². The van der Waals surface area contributed by atoms with Crippen molar-refractivity contribution in [3.63, 3.8) is 0 Å². The van der Waals surface area contributed by atoms with E-state index in [1.54, 1.807) is 5.01 Å². The first-order chi connectivity index (χ1) is 15.3. The van der Waals surface area contributed by atoms with Crippen molar-refractivity contribution in [1.82, 2.24) is 24.8 Å². The first kappa shape index (κ1) is 22.3. The van der Waals surface area contributed by atoms with Crippen molar-refractivity contribution in [2.24, 2.45) is 5.92 Å². The molecule has 0 radical (unpaired) electrons. The van der Waals surface area contributed by atoms with Crippen LogP contribution in [-0.2, 0) is 13.1 Å². The van der Waals surface area contributed by atoms with E-state index in [0.717, 1.165) is 11.3 Å². The van der Waals surface area contributed by atoms with Gasteiger partial charge in [-0.3, -0.25) is 14.6 Å². The lowest BCUT2D eigenvalue weighted by molar-refractivity contribution is -0.0378. The minimum atomic E-state index is -1.36. The number of allylic oxidation sites excluding steroid dienone is 4. The molecule has 0 saturated carbocycles. The lowest BCUT2D eigenvalue weighted by Gasteiger charge is -2.39. The van der Waals surface area contributed by atoms with Crippen LogP contribution in [0.15, 0.2) is 34.5 Å². The van der Waals surface area contributed by atoms with Gasteiger partial charge in [-0.1, -0.05) is 31.3 Å². The number of carbonyl (C=O) groups is 1. The van der Waals surface area contributed by atoms with Crippen LogP contribution in [0.4, 0.5) is 8.78 Å². The van der Waals surface area contributed by atoms with E-state index in [1.165, 1.54) is 34.8 Å². The Labute approximate surface area is 187 Å². The van der Waals surface area contributed by atoms with Gasteiger partial charge in [0.2, 0.25) is 5.43 Å². The van der Waals surface area contributed by atoms with Crippen molar-refractivity contribution in [2.75, 3.05) is 13.1 Å². The highest BCUT2D eigenvalue weighted by Crippen LogP contribution is 2.32. The van der Waals surface area contributed by atoms with Crippen LogP contribution in [0.25, 0.3) is 10.6 Å². The van der Waals surface area contributed by atoms with E-state index in [1.807, 2.05) is 13.8 Å².